The average molecular weight is 590 g/mol. The molecule has 11 heteroatoms. The van der Waals surface area contributed by atoms with Gasteiger partial charge >= 0.3 is 0 Å². The standard InChI is InChI=1S/C29H33ClFN3O5S/c1-20(28(36)32-29(2,3)4)33(18-21-11-13-22(31)14-12-21)27(35)19-34(23-15-16-26(39-5)25(30)17-23)40(37,38)24-9-7-6-8-10-24/h6-17,20H,18-19H2,1-5H3,(H,32,36)/t20-/m1/s1. The van der Waals surface area contributed by atoms with Crippen molar-refractivity contribution in [3.8, 4) is 5.75 Å². The number of anilines is 1. The van der Waals surface area contributed by atoms with Crippen molar-refractivity contribution in [3.63, 3.8) is 0 Å². The molecule has 0 aromatic heterocycles. The van der Waals surface area contributed by atoms with E-state index in [1.54, 1.807) is 25.1 Å². The van der Waals surface area contributed by atoms with Gasteiger partial charge in [-0.2, -0.15) is 0 Å². The fourth-order valence-electron chi connectivity index (χ4n) is 3.90. The van der Waals surface area contributed by atoms with Crippen LogP contribution in [0, 0.1) is 5.82 Å². The van der Waals surface area contributed by atoms with Gasteiger partial charge in [-0.05, 0) is 75.7 Å². The highest BCUT2D eigenvalue weighted by atomic mass is 35.5. The van der Waals surface area contributed by atoms with Crippen molar-refractivity contribution in [2.24, 2.45) is 0 Å². The topological polar surface area (TPSA) is 96.0 Å². The van der Waals surface area contributed by atoms with Gasteiger partial charge in [-0.25, -0.2) is 12.8 Å². The summed E-state index contributed by atoms with van der Waals surface area (Å²) in [5.74, 6) is -1.18. The maximum absolute atomic E-state index is 13.9. The van der Waals surface area contributed by atoms with Gasteiger partial charge in [0.05, 0.1) is 22.7 Å². The summed E-state index contributed by atoms with van der Waals surface area (Å²) in [7, 11) is -2.81. The molecule has 3 aromatic rings. The normalized spacial score (nSPS) is 12.4. The Balaban J connectivity index is 2.06. The second-order valence-electron chi connectivity index (χ2n) is 10.2. The number of nitrogens with one attached hydrogen (secondary N) is 1. The van der Waals surface area contributed by atoms with Crippen molar-refractivity contribution >= 4 is 39.1 Å². The van der Waals surface area contributed by atoms with Gasteiger partial charge in [-0.15, -0.1) is 0 Å². The number of halogens is 2. The van der Waals surface area contributed by atoms with E-state index >= 15 is 0 Å². The van der Waals surface area contributed by atoms with Crippen LogP contribution in [0.25, 0.3) is 0 Å². The van der Waals surface area contributed by atoms with Crippen LogP contribution < -0.4 is 14.4 Å². The monoisotopic (exact) mass is 589 g/mol. The smallest absolute Gasteiger partial charge is 0.264 e. The van der Waals surface area contributed by atoms with E-state index in [4.69, 9.17) is 16.3 Å². The minimum Gasteiger partial charge on any atom is -0.495 e. The number of amides is 2. The predicted octanol–water partition coefficient (Wildman–Crippen LogP) is 5.02. The molecule has 1 N–H and O–H groups in total. The summed E-state index contributed by atoms with van der Waals surface area (Å²) in [6.07, 6.45) is 0. The Labute approximate surface area is 239 Å². The third-order valence-electron chi connectivity index (χ3n) is 5.97. The zero-order valence-corrected chi connectivity index (χ0v) is 24.6. The van der Waals surface area contributed by atoms with E-state index in [0.717, 1.165) is 4.31 Å². The van der Waals surface area contributed by atoms with E-state index in [1.165, 1.54) is 66.6 Å². The summed E-state index contributed by atoms with van der Waals surface area (Å²) >= 11 is 6.32. The van der Waals surface area contributed by atoms with Crippen LogP contribution in [-0.2, 0) is 26.2 Å². The van der Waals surface area contributed by atoms with Crippen molar-refractivity contribution in [1.29, 1.82) is 0 Å². The number of rotatable bonds is 10. The number of nitrogens with zero attached hydrogens (tertiary/aromatic N) is 2. The van der Waals surface area contributed by atoms with Crippen LogP contribution in [0.2, 0.25) is 5.02 Å². The molecule has 3 rings (SSSR count). The second kappa shape index (κ2) is 12.7. The maximum Gasteiger partial charge on any atom is 0.264 e. The molecule has 214 valence electrons. The zero-order valence-electron chi connectivity index (χ0n) is 23.0. The van der Waals surface area contributed by atoms with E-state index < -0.39 is 45.8 Å². The molecular formula is C29H33ClFN3O5S. The summed E-state index contributed by atoms with van der Waals surface area (Å²) < 4.78 is 47.3. The summed E-state index contributed by atoms with van der Waals surface area (Å²) in [6.45, 7) is 6.31. The third kappa shape index (κ3) is 7.73. The molecule has 0 radical (unpaired) electrons. The Morgan fingerprint density at radius 2 is 1.65 bits per heavy atom. The number of benzene rings is 3. The quantitative estimate of drug-likeness (QED) is 0.358. The van der Waals surface area contributed by atoms with Crippen LogP contribution in [0.4, 0.5) is 10.1 Å². The fourth-order valence-corrected chi connectivity index (χ4v) is 5.58. The molecule has 0 aliphatic carbocycles. The molecule has 1 atom stereocenters. The highest BCUT2D eigenvalue weighted by Gasteiger charge is 2.33. The molecule has 40 heavy (non-hydrogen) atoms. The molecule has 0 saturated carbocycles. The third-order valence-corrected chi connectivity index (χ3v) is 8.05. The van der Waals surface area contributed by atoms with Crippen molar-refractivity contribution in [1.82, 2.24) is 10.2 Å². The minimum absolute atomic E-state index is 0.0293. The number of sulfonamides is 1. The van der Waals surface area contributed by atoms with Crippen LogP contribution in [0.15, 0.2) is 77.7 Å². The first-order valence-electron chi connectivity index (χ1n) is 12.5. The van der Waals surface area contributed by atoms with Gasteiger partial charge in [0.25, 0.3) is 10.0 Å². The van der Waals surface area contributed by atoms with Crippen LogP contribution >= 0.6 is 11.6 Å². The minimum atomic E-state index is -4.24. The van der Waals surface area contributed by atoms with Crippen molar-refractivity contribution in [3.05, 3.63) is 89.2 Å². The van der Waals surface area contributed by atoms with Gasteiger partial charge in [0.2, 0.25) is 11.8 Å². The Morgan fingerprint density at radius 1 is 1.02 bits per heavy atom. The lowest BCUT2D eigenvalue weighted by molar-refractivity contribution is -0.140. The summed E-state index contributed by atoms with van der Waals surface area (Å²) in [6, 6.07) is 16.6. The second-order valence-corrected chi connectivity index (χ2v) is 12.5. The van der Waals surface area contributed by atoms with Crippen LogP contribution in [0.3, 0.4) is 0 Å². The molecule has 0 unspecified atom stereocenters. The summed E-state index contributed by atoms with van der Waals surface area (Å²) in [5.41, 5.74) is 0.130. The van der Waals surface area contributed by atoms with Gasteiger partial charge in [-0.1, -0.05) is 41.9 Å². The van der Waals surface area contributed by atoms with Crippen molar-refractivity contribution in [2.75, 3.05) is 18.0 Å². The first kappa shape index (κ1) is 30.9. The molecule has 0 aliphatic rings. The van der Waals surface area contributed by atoms with Crippen LogP contribution in [0.5, 0.6) is 5.75 Å². The number of carbonyl (C=O) groups is 2. The summed E-state index contributed by atoms with van der Waals surface area (Å²) in [5, 5.41) is 3.01. The molecule has 0 spiro atoms. The maximum atomic E-state index is 13.9. The first-order chi connectivity index (χ1) is 18.7. The molecule has 0 bridgehead atoms. The highest BCUT2D eigenvalue weighted by molar-refractivity contribution is 7.92. The van der Waals surface area contributed by atoms with Gasteiger partial charge in [0, 0.05) is 12.1 Å². The largest absolute Gasteiger partial charge is 0.495 e. The lowest BCUT2D eigenvalue weighted by atomic mass is 10.1. The fraction of sp³-hybridized carbons (Fsp3) is 0.310. The Kier molecular flexibility index (Phi) is 9.81. The zero-order chi connectivity index (χ0) is 29.7. The molecule has 2 amide bonds. The molecule has 0 fully saturated rings. The SMILES string of the molecule is COc1ccc(N(CC(=O)N(Cc2ccc(F)cc2)[C@H](C)C(=O)NC(C)(C)C)S(=O)(=O)c2ccccc2)cc1Cl. The number of hydrogen-bond donors (Lipinski definition) is 1. The van der Waals surface area contributed by atoms with E-state index in [0.29, 0.717) is 11.3 Å². The van der Waals surface area contributed by atoms with Gasteiger partial charge < -0.3 is 15.0 Å². The van der Waals surface area contributed by atoms with E-state index in [2.05, 4.69) is 5.32 Å². The van der Waals surface area contributed by atoms with Gasteiger partial charge in [0.15, 0.2) is 0 Å². The lowest BCUT2D eigenvalue weighted by Gasteiger charge is -2.33. The van der Waals surface area contributed by atoms with E-state index in [1.807, 2.05) is 20.8 Å². The number of ether oxygens (including phenoxy) is 1. The number of carbonyl (C=O) groups excluding carboxylic acids is 2. The Morgan fingerprint density at radius 3 is 2.20 bits per heavy atom. The number of hydrogen-bond acceptors (Lipinski definition) is 5. The van der Waals surface area contributed by atoms with E-state index in [-0.39, 0.29) is 22.2 Å². The average Bonchev–Trinajstić information content (AvgIpc) is 2.90. The molecule has 3 aromatic carbocycles. The first-order valence-corrected chi connectivity index (χ1v) is 14.3. The molecule has 0 aliphatic heterocycles. The van der Waals surface area contributed by atoms with Crippen LogP contribution in [0.1, 0.15) is 33.3 Å². The van der Waals surface area contributed by atoms with E-state index in [9.17, 15) is 22.4 Å². The van der Waals surface area contributed by atoms with Crippen molar-refractivity contribution in [2.45, 2.75) is 50.7 Å². The Hall–Kier alpha value is -3.63. The Bertz CT molecular complexity index is 1440. The van der Waals surface area contributed by atoms with Crippen molar-refractivity contribution < 1.29 is 27.1 Å². The lowest BCUT2D eigenvalue weighted by Crippen LogP contribution is -2.54. The highest BCUT2D eigenvalue weighted by Crippen LogP contribution is 2.32. The summed E-state index contributed by atoms with van der Waals surface area (Å²) in [4.78, 5) is 28.3. The van der Waals surface area contributed by atoms with Gasteiger partial charge in [-0.3, -0.25) is 13.9 Å². The molecular weight excluding hydrogens is 557 g/mol. The molecule has 0 heterocycles. The van der Waals surface area contributed by atoms with Gasteiger partial charge in [0.1, 0.15) is 24.2 Å². The molecule has 0 saturated heterocycles. The molecule has 8 nitrogen and oxygen atoms in total. The number of methoxy groups -OCH3 is 1. The van der Waals surface area contributed by atoms with Crippen LogP contribution in [-0.4, -0.2) is 50.4 Å². The predicted molar refractivity (Wildman–Crippen MR) is 153 cm³/mol.